The van der Waals surface area contributed by atoms with Crippen LogP contribution in [0.3, 0.4) is 0 Å². The highest BCUT2D eigenvalue weighted by Crippen LogP contribution is 2.60. The molecule has 264 valence electrons. The summed E-state index contributed by atoms with van der Waals surface area (Å²) < 4.78 is 7.74. The Morgan fingerprint density at radius 3 is 2.41 bits per heavy atom. The number of aliphatic hydroxyl groups is 1. The number of anilines is 3. The molecule has 0 aromatic heterocycles. The number of hydrogen-bond donors (Lipinski definition) is 2. The first-order valence-corrected chi connectivity index (χ1v) is 21.2. The maximum atomic E-state index is 15.0. The fourth-order valence-electron chi connectivity index (χ4n) is 8.59. The third kappa shape index (κ3) is 6.25. The number of nitrogens with zero attached hydrogens (tertiary/aromatic N) is 3. The monoisotopic (exact) mass is 767 g/mol. The Balaban J connectivity index is 1.22. The number of amides is 3. The fourth-order valence-corrected chi connectivity index (χ4v) is 11.5. The average molecular weight is 769 g/mol. The van der Waals surface area contributed by atoms with Crippen molar-refractivity contribution in [3.63, 3.8) is 0 Å². The van der Waals surface area contributed by atoms with Crippen LogP contribution in [0.15, 0.2) is 102 Å². The van der Waals surface area contributed by atoms with Gasteiger partial charge >= 0.3 is 0 Å². The number of aliphatic hydroxyl groups excluding tert-OH is 1. The van der Waals surface area contributed by atoms with E-state index < -0.39 is 31.5 Å². The number of ether oxygens (including phenoxy) is 1. The molecule has 1 saturated heterocycles. The zero-order valence-corrected chi connectivity index (χ0v) is 31.5. The summed E-state index contributed by atoms with van der Waals surface area (Å²) in [6.45, 7) is 6.09. The summed E-state index contributed by atoms with van der Waals surface area (Å²) >= 11 is 3.62. The SMILES string of the molecule is C[C@@H]1[C@@H]([Si](C)(C)O)[C@H](CC(=O)N2Cc3ccccc3C[C@H]2CO)O[C@@]12C(=O)N(Cc1cccc(N(C=O)c3ccccc3)c1)c1ccc(Br)cc12. The van der Waals surface area contributed by atoms with Gasteiger partial charge in [0.25, 0.3) is 5.91 Å². The van der Waals surface area contributed by atoms with Crippen molar-refractivity contribution >= 4 is 59.5 Å². The van der Waals surface area contributed by atoms with Crippen LogP contribution in [0.25, 0.3) is 0 Å². The van der Waals surface area contributed by atoms with Gasteiger partial charge in [-0.2, -0.15) is 0 Å². The lowest BCUT2D eigenvalue weighted by Gasteiger charge is -2.37. The van der Waals surface area contributed by atoms with Gasteiger partial charge in [-0.3, -0.25) is 19.3 Å². The molecule has 0 radical (unpaired) electrons. The molecule has 51 heavy (non-hydrogen) atoms. The van der Waals surface area contributed by atoms with E-state index in [2.05, 4.69) is 15.9 Å². The topological polar surface area (TPSA) is 111 Å². The van der Waals surface area contributed by atoms with Gasteiger partial charge in [0.05, 0.1) is 37.4 Å². The first kappa shape index (κ1) is 35.3. The molecule has 4 aromatic carbocycles. The minimum absolute atomic E-state index is 0.0217. The minimum Gasteiger partial charge on any atom is -0.432 e. The number of carbonyl (C=O) groups excluding carboxylic acids is 3. The summed E-state index contributed by atoms with van der Waals surface area (Å²) in [5, 5.41) is 10.3. The van der Waals surface area contributed by atoms with E-state index in [1.54, 1.807) is 14.7 Å². The van der Waals surface area contributed by atoms with Gasteiger partial charge in [-0.1, -0.05) is 77.5 Å². The van der Waals surface area contributed by atoms with E-state index in [0.29, 0.717) is 29.9 Å². The standard InChI is InChI=1S/C40H42BrN3O6Si/c1-26-38(51(2,3)49)36(21-37(47)42-23-29-12-8-7-11-28(29)19-33(42)24-45)50-40(26)34-20-30(41)16-17-35(34)43(39(40)48)22-27-10-9-15-32(18-27)44(25-46)31-13-5-4-6-14-31/h4-18,20,25-26,33,36,38,45,49H,19,21-24H2,1-3H3/t26-,33+,36+,38-,40+/m1/s1. The average Bonchev–Trinajstić information content (AvgIpc) is 3.54. The molecule has 1 spiro atoms. The zero-order valence-electron chi connectivity index (χ0n) is 28.9. The summed E-state index contributed by atoms with van der Waals surface area (Å²) in [4.78, 5) is 58.1. The molecular formula is C40H42BrN3O6Si. The van der Waals surface area contributed by atoms with Crippen molar-refractivity contribution in [1.29, 1.82) is 0 Å². The van der Waals surface area contributed by atoms with Crippen molar-refractivity contribution in [3.8, 4) is 0 Å². The summed E-state index contributed by atoms with van der Waals surface area (Å²) in [7, 11) is -3.03. The first-order valence-electron chi connectivity index (χ1n) is 17.3. The van der Waals surface area contributed by atoms with Gasteiger partial charge in [0.15, 0.2) is 13.9 Å². The lowest BCUT2D eigenvalue weighted by molar-refractivity contribution is -0.151. The highest BCUT2D eigenvalue weighted by Gasteiger charge is 2.66. The van der Waals surface area contributed by atoms with Gasteiger partial charge in [0.2, 0.25) is 12.3 Å². The number of para-hydroxylation sites is 1. The molecule has 9 nitrogen and oxygen atoms in total. The molecule has 3 amide bonds. The predicted octanol–water partition coefficient (Wildman–Crippen LogP) is 6.42. The van der Waals surface area contributed by atoms with Crippen molar-refractivity contribution in [1.82, 2.24) is 4.90 Å². The van der Waals surface area contributed by atoms with Crippen LogP contribution >= 0.6 is 15.9 Å². The number of fused-ring (bicyclic) bond motifs is 3. The van der Waals surface area contributed by atoms with Gasteiger partial charge in [0.1, 0.15) is 0 Å². The Morgan fingerprint density at radius 1 is 1.00 bits per heavy atom. The van der Waals surface area contributed by atoms with E-state index in [4.69, 9.17) is 4.74 Å². The van der Waals surface area contributed by atoms with E-state index in [1.807, 2.05) is 117 Å². The second-order valence-electron chi connectivity index (χ2n) is 14.4. The second-order valence-corrected chi connectivity index (χ2v) is 19.3. The van der Waals surface area contributed by atoms with Gasteiger partial charge in [0, 0.05) is 39.4 Å². The van der Waals surface area contributed by atoms with Crippen LogP contribution in [0.2, 0.25) is 18.6 Å². The van der Waals surface area contributed by atoms with Gasteiger partial charge in [-0.15, -0.1) is 0 Å². The van der Waals surface area contributed by atoms with Crippen LogP contribution < -0.4 is 9.80 Å². The molecule has 4 aromatic rings. The van der Waals surface area contributed by atoms with E-state index in [0.717, 1.165) is 33.3 Å². The number of halogens is 1. The third-order valence-electron chi connectivity index (χ3n) is 10.9. The van der Waals surface area contributed by atoms with Crippen LogP contribution in [-0.2, 0) is 44.2 Å². The van der Waals surface area contributed by atoms with Gasteiger partial charge in [-0.05, 0) is 78.7 Å². The molecule has 0 unspecified atom stereocenters. The van der Waals surface area contributed by atoms with E-state index in [9.17, 15) is 24.3 Å². The van der Waals surface area contributed by atoms with Gasteiger partial charge in [-0.25, -0.2) is 0 Å². The molecule has 7 rings (SSSR count). The smallest absolute Gasteiger partial charge is 0.264 e. The Hall–Kier alpha value is -4.13. The van der Waals surface area contributed by atoms with Crippen molar-refractivity contribution in [2.75, 3.05) is 16.4 Å². The molecule has 0 aliphatic carbocycles. The zero-order chi connectivity index (χ0) is 36.1. The minimum atomic E-state index is -3.03. The summed E-state index contributed by atoms with van der Waals surface area (Å²) in [6, 6.07) is 30.2. The molecule has 5 atom stereocenters. The lowest BCUT2D eigenvalue weighted by Crippen LogP contribution is -2.48. The largest absolute Gasteiger partial charge is 0.432 e. The lowest BCUT2D eigenvalue weighted by atomic mass is 9.82. The third-order valence-corrected chi connectivity index (χ3v) is 13.9. The van der Waals surface area contributed by atoms with Crippen LogP contribution in [-0.4, -0.2) is 60.1 Å². The Morgan fingerprint density at radius 2 is 1.71 bits per heavy atom. The summed E-state index contributed by atoms with van der Waals surface area (Å²) in [6.07, 6.45) is 0.590. The fraction of sp³-hybridized carbons (Fsp3) is 0.325. The Kier molecular flexibility index (Phi) is 9.53. The van der Waals surface area contributed by atoms with E-state index in [-0.39, 0.29) is 37.4 Å². The predicted molar refractivity (Wildman–Crippen MR) is 202 cm³/mol. The molecular weight excluding hydrogens is 726 g/mol. The molecule has 0 bridgehead atoms. The van der Waals surface area contributed by atoms with Crippen molar-refractivity contribution in [2.24, 2.45) is 5.92 Å². The van der Waals surface area contributed by atoms with Crippen LogP contribution in [0, 0.1) is 5.92 Å². The van der Waals surface area contributed by atoms with Gasteiger partial charge < -0.3 is 24.4 Å². The van der Waals surface area contributed by atoms with Crippen LogP contribution in [0.1, 0.15) is 35.6 Å². The second kappa shape index (κ2) is 13.8. The first-order chi connectivity index (χ1) is 24.5. The van der Waals surface area contributed by atoms with Crippen LogP contribution in [0.4, 0.5) is 17.1 Å². The molecule has 3 aliphatic rings. The molecule has 3 aliphatic heterocycles. The number of rotatable bonds is 9. The van der Waals surface area contributed by atoms with E-state index >= 15 is 0 Å². The number of benzene rings is 4. The van der Waals surface area contributed by atoms with Crippen molar-refractivity contribution in [2.45, 2.75) is 69.2 Å². The Bertz CT molecular complexity index is 1970. The van der Waals surface area contributed by atoms with Crippen molar-refractivity contribution < 1.29 is 29.0 Å². The highest BCUT2D eigenvalue weighted by molar-refractivity contribution is 9.10. The maximum absolute atomic E-state index is 15.0. The maximum Gasteiger partial charge on any atom is 0.264 e. The highest BCUT2D eigenvalue weighted by atomic mass is 79.9. The quantitative estimate of drug-likeness (QED) is 0.150. The van der Waals surface area contributed by atoms with Crippen LogP contribution in [0.5, 0.6) is 0 Å². The number of hydrogen-bond acceptors (Lipinski definition) is 6. The van der Waals surface area contributed by atoms with Crippen molar-refractivity contribution in [3.05, 3.63) is 124 Å². The normalized spacial score (nSPS) is 24.1. The molecule has 3 heterocycles. The summed E-state index contributed by atoms with van der Waals surface area (Å²) in [5.74, 6) is -0.867. The summed E-state index contributed by atoms with van der Waals surface area (Å²) in [5.41, 5.74) is 3.92. The number of carbonyl (C=O) groups is 3. The molecule has 1 fully saturated rings. The van der Waals surface area contributed by atoms with E-state index in [1.165, 1.54) is 0 Å². The Labute approximate surface area is 307 Å². The molecule has 11 heteroatoms. The molecule has 2 N–H and O–H groups in total. The molecule has 0 saturated carbocycles.